The molecule has 3 aromatic rings. The van der Waals surface area contributed by atoms with Gasteiger partial charge in [-0.3, -0.25) is 0 Å². The van der Waals surface area contributed by atoms with E-state index < -0.39 is 11.7 Å². The lowest BCUT2D eigenvalue weighted by molar-refractivity contribution is -0.137. The molecule has 0 bridgehead atoms. The Bertz CT molecular complexity index is 1300. The van der Waals surface area contributed by atoms with Gasteiger partial charge in [-0.2, -0.15) is 18.4 Å². The predicted octanol–water partition coefficient (Wildman–Crippen LogP) is 4.37. The summed E-state index contributed by atoms with van der Waals surface area (Å²) in [6.07, 6.45) is 5.24. The number of rotatable bonds is 4. The minimum absolute atomic E-state index is 0.152. The first kappa shape index (κ1) is 20.2. The highest BCUT2D eigenvalue weighted by Gasteiger charge is 2.32. The molecular weight excluding hydrogens is 421 g/mol. The first-order valence-electron chi connectivity index (χ1n) is 9.99. The zero-order chi connectivity index (χ0) is 22.3. The lowest BCUT2D eigenvalue weighted by Gasteiger charge is -2.17. The number of hydrogen-bond donors (Lipinski definition) is 2. The van der Waals surface area contributed by atoms with Crippen LogP contribution in [-0.2, 0) is 10.9 Å². The van der Waals surface area contributed by atoms with Crippen LogP contribution in [0.4, 0.5) is 19.1 Å². The van der Waals surface area contributed by atoms with Crippen LogP contribution in [0.25, 0.3) is 22.3 Å². The molecule has 1 aliphatic carbocycles. The average Bonchev–Trinajstić information content (AvgIpc) is 3.42. The first-order valence-corrected chi connectivity index (χ1v) is 9.99. The van der Waals surface area contributed by atoms with E-state index in [1.165, 1.54) is 18.0 Å². The highest BCUT2D eigenvalue weighted by Crippen LogP contribution is 2.35. The van der Waals surface area contributed by atoms with Crippen LogP contribution in [0.15, 0.2) is 48.0 Å². The van der Waals surface area contributed by atoms with Gasteiger partial charge in [0.15, 0.2) is 0 Å². The fraction of sp³-hybridized carbons (Fsp3) is 0.273. The quantitative estimate of drug-likeness (QED) is 0.628. The molecule has 32 heavy (non-hydrogen) atoms. The van der Waals surface area contributed by atoms with Crippen LogP contribution >= 0.6 is 0 Å². The summed E-state index contributed by atoms with van der Waals surface area (Å²) in [6, 6.07) is 3.01. The van der Waals surface area contributed by atoms with E-state index in [0.717, 1.165) is 37.3 Å². The van der Waals surface area contributed by atoms with Crippen LogP contribution in [0.5, 0.6) is 0 Å². The third-order valence-electron chi connectivity index (χ3n) is 5.56. The second-order valence-electron chi connectivity index (χ2n) is 7.58. The highest BCUT2D eigenvalue weighted by atomic mass is 19.4. The third kappa shape index (κ3) is 3.71. The largest absolute Gasteiger partial charge is 0.417 e. The van der Waals surface area contributed by atoms with E-state index in [1.54, 1.807) is 0 Å². The van der Waals surface area contributed by atoms with Crippen molar-refractivity contribution in [3.63, 3.8) is 0 Å². The Labute approximate surface area is 180 Å². The summed E-state index contributed by atoms with van der Waals surface area (Å²) in [6.45, 7) is 1.22. The van der Waals surface area contributed by atoms with Crippen molar-refractivity contribution in [2.75, 3.05) is 18.5 Å². The Morgan fingerprint density at radius 1 is 1.28 bits per heavy atom. The Morgan fingerprint density at radius 2 is 2.16 bits per heavy atom. The zero-order valence-corrected chi connectivity index (χ0v) is 16.7. The molecule has 1 saturated heterocycles. The Hall–Kier alpha value is -3.71. The fourth-order valence-corrected chi connectivity index (χ4v) is 3.94. The number of nitriles is 1. The fourth-order valence-electron chi connectivity index (χ4n) is 3.94. The van der Waals surface area contributed by atoms with Gasteiger partial charge in [0, 0.05) is 29.9 Å². The Morgan fingerprint density at radius 3 is 2.97 bits per heavy atom. The summed E-state index contributed by atoms with van der Waals surface area (Å²) in [5.74, 6) is 0.275. The predicted molar refractivity (Wildman–Crippen MR) is 110 cm³/mol. The number of ether oxygens (including phenoxy) is 1. The van der Waals surface area contributed by atoms with E-state index in [0.29, 0.717) is 12.1 Å². The summed E-state index contributed by atoms with van der Waals surface area (Å²) in [7, 11) is 0. The minimum atomic E-state index is -4.53. The maximum absolute atomic E-state index is 13.2. The molecule has 0 unspecified atom stereocenters. The molecule has 1 aliphatic heterocycles. The lowest BCUT2D eigenvalue weighted by Crippen LogP contribution is -2.14. The van der Waals surface area contributed by atoms with Gasteiger partial charge in [-0.05, 0) is 30.1 Å². The number of H-pyrrole nitrogens is 1. The SMILES string of the molecule is N#Cc1cnc(NCC2=CC[C@@H]3OCCC3=C2)nc1-c1c[nH]c2ncc(C(F)(F)F)cc12. The van der Waals surface area contributed by atoms with E-state index in [2.05, 4.69) is 37.4 Å². The van der Waals surface area contributed by atoms with Crippen molar-refractivity contribution < 1.29 is 17.9 Å². The van der Waals surface area contributed by atoms with Crippen LogP contribution in [0.3, 0.4) is 0 Å². The highest BCUT2D eigenvalue weighted by molar-refractivity contribution is 5.94. The number of pyridine rings is 1. The van der Waals surface area contributed by atoms with Gasteiger partial charge in [-0.1, -0.05) is 12.2 Å². The molecule has 3 aromatic heterocycles. The molecule has 0 radical (unpaired) electrons. The summed E-state index contributed by atoms with van der Waals surface area (Å²) >= 11 is 0. The van der Waals surface area contributed by atoms with E-state index in [1.807, 2.05) is 6.07 Å². The molecule has 4 heterocycles. The van der Waals surface area contributed by atoms with E-state index in [4.69, 9.17) is 4.74 Å². The van der Waals surface area contributed by atoms with Crippen molar-refractivity contribution in [2.24, 2.45) is 0 Å². The van der Waals surface area contributed by atoms with Gasteiger partial charge in [-0.25, -0.2) is 15.0 Å². The molecule has 2 aliphatic rings. The maximum atomic E-state index is 13.2. The van der Waals surface area contributed by atoms with Crippen LogP contribution in [0.1, 0.15) is 24.0 Å². The number of aromatic amines is 1. The van der Waals surface area contributed by atoms with Gasteiger partial charge < -0.3 is 15.0 Å². The van der Waals surface area contributed by atoms with Gasteiger partial charge >= 0.3 is 6.18 Å². The number of nitrogens with zero attached hydrogens (tertiary/aromatic N) is 4. The molecule has 0 saturated carbocycles. The molecule has 1 atom stereocenters. The normalized spacial score (nSPS) is 18.1. The number of halogens is 3. The molecule has 0 spiro atoms. The summed E-state index contributed by atoms with van der Waals surface area (Å²) in [5, 5.41) is 12.9. The molecule has 5 rings (SSSR count). The second-order valence-corrected chi connectivity index (χ2v) is 7.58. The summed E-state index contributed by atoms with van der Waals surface area (Å²) in [4.78, 5) is 15.3. The van der Waals surface area contributed by atoms with Crippen molar-refractivity contribution in [2.45, 2.75) is 25.1 Å². The standard InChI is InChI=1S/C22H17F3N6O/c23-22(24,25)15-6-16-17(11-28-20(16)27-10-15)19-14(7-26)9-30-21(31-19)29-8-12-1-2-18-13(5-12)3-4-32-18/h1,5-6,9-11,18H,2-4,8H2,(H,27,28)(H,29,30,31)/t18-/m0/s1. The summed E-state index contributed by atoms with van der Waals surface area (Å²) < 4.78 is 45.2. The lowest BCUT2D eigenvalue weighted by atomic mass is 9.96. The molecule has 7 nitrogen and oxygen atoms in total. The van der Waals surface area contributed by atoms with Crippen molar-refractivity contribution in [1.29, 1.82) is 5.26 Å². The van der Waals surface area contributed by atoms with Crippen molar-refractivity contribution >= 4 is 17.0 Å². The monoisotopic (exact) mass is 438 g/mol. The molecule has 162 valence electrons. The molecule has 2 N–H and O–H groups in total. The van der Waals surface area contributed by atoms with Gasteiger partial charge in [0.05, 0.1) is 35.7 Å². The number of nitrogens with one attached hydrogen (secondary N) is 2. The average molecular weight is 438 g/mol. The molecule has 0 aromatic carbocycles. The smallest absolute Gasteiger partial charge is 0.373 e. The number of alkyl halides is 3. The molecular formula is C22H17F3N6O. The topological polar surface area (TPSA) is 99.5 Å². The Balaban J connectivity index is 1.45. The Kier molecular flexibility index (Phi) is 4.90. The molecule has 10 heteroatoms. The van der Waals surface area contributed by atoms with Gasteiger partial charge in [0.25, 0.3) is 0 Å². The first-order chi connectivity index (χ1) is 15.4. The molecule has 1 fully saturated rings. The number of aromatic nitrogens is 4. The van der Waals surface area contributed by atoms with Gasteiger partial charge in [0.2, 0.25) is 5.95 Å². The second kappa shape index (κ2) is 7.76. The van der Waals surface area contributed by atoms with E-state index in [9.17, 15) is 18.4 Å². The zero-order valence-electron chi connectivity index (χ0n) is 16.7. The maximum Gasteiger partial charge on any atom is 0.417 e. The van der Waals surface area contributed by atoms with Crippen LogP contribution < -0.4 is 5.32 Å². The molecule has 0 amide bonds. The number of fused-ring (bicyclic) bond motifs is 2. The number of hydrogen-bond acceptors (Lipinski definition) is 6. The number of anilines is 1. The van der Waals surface area contributed by atoms with Crippen LogP contribution in [0.2, 0.25) is 0 Å². The van der Waals surface area contributed by atoms with Crippen molar-refractivity contribution in [3.8, 4) is 17.3 Å². The summed E-state index contributed by atoms with van der Waals surface area (Å²) in [5.41, 5.74) is 2.50. The van der Waals surface area contributed by atoms with E-state index in [-0.39, 0.29) is 34.3 Å². The minimum Gasteiger partial charge on any atom is -0.373 e. The van der Waals surface area contributed by atoms with Crippen molar-refractivity contribution in [3.05, 3.63) is 59.1 Å². The van der Waals surface area contributed by atoms with Crippen molar-refractivity contribution in [1.82, 2.24) is 19.9 Å². The van der Waals surface area contributed by atoms with Crippen LogP contribution in [0, 0.1) is 11.3 Å². The van der Waals surface area contributed by atoms with Gasteiger partial charge in [0.1, 0.15) is 11.7 Å². The van der Waals surface area contributed by atoms with E-state index >= 15 is 0 Å². The van der Waals surface area contributed by atoms with Crippen LogP contribution in [-0.4, -0.2) is 39.2 Å². The third-order valence-corrected chi connectivity index (χ3v) is 5.56. The van der Waals surface area contributed by atoms with Gasteiger partial charge in [-0.15, -0.1) is 0 Å².